The number of thioether (sulfide) groups is 1. The molecule has 0 radical (unpaired) electrons. The van der Waals surface area contributed by atoms with E-state index in [-0.39, 0.29) is 17.3 Å². The quantitative estimate of drug-likeness (QED) is 0.0487. The van der Waals surface area contributed by atoms with Gasteiger partial charge in [0, 0.05) is 45.6 Å². The third-order valence-electron chi connectivity index (χ3n) is 7.63. The van der Waals surface area contributed by atoms with E-state index in [1.54, 1.807) is 73.7 Å². The molecule has 0 saturated carbocycles. The van der Waals surface area contributed by atoms with Crippen LogP contribution in [0.2, 0.25) is 0 Å². The van der Waals surface area contributed by atoms with Gasteiger partial charge >= 0.3 is 0 Å². The Hall–Kier alpha value is -6.40. The summed E-state index contributed by atoms with van der Waals surface area (Å²) in [7, 11) is 3.03. The highest BCUT2D eigenvalue weighted by atomic mass is 32.2. The minimum atomic E-state index is -0.713. The van der Waals surface area contributed by atoms with Gasteiger partial charge in [-0.2, -0.15) is 0 Å². The fraction of sp³-hybridized carbons (Fsp3) is 0.103. The first-order valence-electron chi connectivity index (χ1n) is 15.6. The van der Waals surface area contributed by atoms with Crippen LogP contribution in [0.3, 0.4) is 0 Å². The highest BCUT2D eigenvalue weighted by molar-refractivity contribution is 8.00. The first kappa shape index (κ1) is 35.9. The van der Waals surface area contributed by atoms with Gasteiger partial charge in [0.15, 0.2) is 0 Å². The third-order valence-corrected chi connectivity index (χ3v) is 8.88. The first-order valence-corrected chi connectivity index (χ1v) is 16.5. The molecule has 0 bridgehead atoms. The van der Waals surface area contributed by atoms with Crippen LogP contribution < -0.4 is 25.4 Å². The van der Waals surface area contributed by atoms with Crippen molar-refractivity contribution in [3.05, 3.63) is 159 Å². The number of rotatable bonds is 13. The van der Waals surface area contributed by atoms with Gasteiger partial charge < -0.3 is 25.4 Å². The van der Waals surface area contributed by atoms with Gasteiger partial charge in [-0.25, -0.2) is 0 Å². The molecule has 0 aromatic heterocycles. The second kappa shape index (κ2) is 16.8. The molecule has 0 fully saturated rings. The smallest absolute Gasteiger partial charge is 0.272 e. The number of hydrogen-bond donors (Lipinski definition) is 3. The molecule has 11 nitrogen and oxygen atoms in total. The maximum absolute atomic E-state index is 13.8. The molecule has 0 heterocycles. The average Bonchev–Trinajstić information content (AvgIpc) is 3.15. The second-order valence-electron chi connectivity index (χ2n) is 11.1. The number of nitrogens with zero attached hydrogens (tertiary/aromatic N) is 1. The largest absolute Gasteiger partial charge is 0.497 e. The van der Waals surface area contributed by atoms with Crippen molar-refractivity contribution < 1.29 is 28.8 Å². The van der Waals surface area contributed by atoms with Crippen LogP contribution in [-0.4, -0.2) is 36.9 Å². The summed E-state index contributed by atoms with van der Waals surface area (Å²) in [4.78, 5) is 52.1. The number of non-ortho nitro benzene ring substituents is 1. The molecule has 5 aromatic carbocycles. The molecule has 0 saturated heterocycles. The molecule has 1 unspecified atom stereocenters. The molecular formula is C39H34N4O7S. The molecule has 1 atom stereocenters. The van der Waals surface area contributed by atoms with Crippen LogP contribution in [0.15, 0.2) is 132 Å². The number of methoxy groups -OCH3 is 2. The maximum Gasteiger partial charge on any atom is 0.272 e. The molecule has 0 aliphatic heterocycles. The van der Waals surface area contributed by atoms with Gasteiger partial charge in [0.2, 0.25) is 5.91 Å². The van der Waals surface area contributed by atoms with Gasteiger partial charge in [-0.1, -0.05) is 54.6 Å². The molecular weight excluding hydrogens is 669 g/mol. The second-order valence-corrected chi connectivity index (χ2v) is 12.3. The van der Waals surface area contributed by atoms with E-state index < -0.39 is 22.0 Å². The summed E-state index contributed by atoms with van der Waals surface area (Å²) in [6, 6.07) is 34.1. The predicted octanol–water partition coefficient (Wildman–Crippen LogP) is 7.80. The van der Waals surface area contributed by atoms with Crippen LogP contribution in [0, 0.1) is 17.0 Å². The molecule has 0 aliphatic carbocycles. The Morgan fingerprint density at radius 2 is 1.53 bits per heavy atom. The SMILES string of the molecule is COc1ccc(/C=C(/NC(=O)c2ccccc2)C(=O)Nc2cccc(SC(C(=O)Nc3ccc([N+](=O)[O-])cc3C)c3ccccc3)c2)c(OC)c1. The number of hydrogen-bond acceptors (Lipinski definition) is 8. The van der Waals surface area contributed by atoms with E-state index in [1.807, 2.05) is 36.4 Å². The van der Waals surface area contributed by atoms with Crippen molar-refractivity contribution in [3.63, 3.8) is 0 Å². The van der Waals surface area contributed by atoms with Gasteiger partial charge in [0.1, 0.15) is 22.4 Å². The summed E-state index contributed by atoms with van der Waals surface area (Å²) in [6.07, 6.45) is 1.52. The summed E-state index contributed by atoms with van der Waals surface area (Å²) in [5.74, 6) is -0.414. The number of ether oxygens (including phenoxy) is 2. The Morgan fingerprint density at radius 1 is 0.804 bits per heavy atom. The van der Waals surface area contributed by atoms with Crippen molar-refractivity contribution in [2.75, 3.05) is 24.9 Å². The van der Waals surface area contributed by atoms with Crippen molar-refractivity contribution >= 4 is 52.6 Å². The lowest BCUT2D eigenvalue weighted by molar-refractivity contribution is -0.384. The number of amides is 3. The lowest BCUT2D eigenvalue weighted by Gasteiger charge is -2.18. The zero-order valence-corrected chi connectivity index (χ0v) is 28.7. The van der Waals surface area contributed by atoms with E-state index in [2.05, 4.69) is 16.0 Å². The van der Waals surface area contributed by atoms with Crippen LogP contribution >= 0.6 is 11.8 Å². The number of nitro benzene ring substituents is 1. The van der Waals surface area contributed by atoms with Crippen molar-refractivity contribution in [3.8, 4) is 11.5 Å². The zero-order chi connectivity index (χ0) is 36.3. The molecule has 3 amide bonds. The number of aryl methyl sites for hydroxylation is 1. The predicted molar refractivity (Wildman–Crippen MR) is 198 cm³/mol. The van der Waals surface area contributed by atoms with E-state index in [1.165, 1.54) is 50.3 Å². The molecule has 51 heavy (non-hydrogen) atoms. The molecule has 12 heteroatoms. The third kappa shape index (κ3) is 9.40. The van der Waals surface area contributed by atoms with Crippen molar-refractivity contribution in [2.24, 2.45) is 0 Å². The minimum absolute atomic E-state index is 0.0367. The molecule has 0 spiro atoms. The molecule has 258 valence electrons. The summed E-state index contributed by atoms with van der Waals surface area (Å²) < 4.78 is 10.8. The van der Waals surface area contributed by atoms with Gasteiger partial charge in [-0.05, 0) is 72.7 Å². The maximum atomic E-state index is 13.8. The summed E-state index contributed by atoms with van der Waals surface area (Å²) in [5.41, 5.74) is 2.95. The van der Waals surface area contributed by atoms with E-state index >= 15 is 0 Å². The Labute approximate surface area is 298 Å². The topological polar surface area (TPSA) is 149 Å². The molecule has 0 aliphatic rings. The van der Waals surface area contributed by atoms with Gasteiger partial charge in [0.05, 0.1) is 19.1 Å². The van der Waals surface area contributed by atoms with Crippen LogP contribution in [-0.2, 0) is 9.59 Å². The normalized spacial score (nSPS) is 11.5. The lowest BCUT2D eigenvalue weighted by Crippen LogP contribution is -2.30. The number of nitro groups is 1. The summed E-state index contributed by atoms with van der Waals surface area (Å²) in [6.45, 7) is 1.69. The zero-order valence-electron chi connectivity index (χ0n) is 27.9. The summed E-state index contributed by atoms with van der Waals surface area (Å²) in [5, 5.41) is 19.0. The monoisotopic (exact) mass is 702 g/mol. The fourth-order valence-corrected chi connectivity index (χ4v) is 6.10. The average molecular weight is 703 g/mol. The van der Waals surface area contributed by atoms with Crippen LogP contribution in [0.1, 0.15) is 32.3 Å². The number of benzene rings is 5. The van der Waals surface area contributed by atoms with Gasteiger partial charge in [-0.15, -0.1) is 11.8 Å². The number of anilines is 2. The fourth-order valence-electron chi connectivity index (χ4n) is 5.02. The van der Waals surface area contributed by atoms with Crippen molar-refractivity contribution in [1.82, 2.24) is 5.32 Å². The van der Waals surface area contributed by atoms with E-state index in [9.17, 15) is 24.5 Å². The Morgan fingerprint density at radius 3 is 2.20 bits per heavy atom. The molecule has 5 rings (SSSR count). The van der Waals surface area contributed by atoms with E-state index in [4.69, 9.17) is 9.47 Å². The Kier molecular flexibility index (Phi) is 11.8. The molecule has 5 aromatic rings. The van der Waals surface area contributed by atoms with E-state index in [0.717, 1.165) is 5.56 Å². The van der Waals surface area contributed by atoms with Crippen LogP contribution in [0.25, 0.3) is 6.08 Å². The number of nitrogens with one attached hydrogen (secondary N) is 3. The number of carbonyl (C=O) groups excluding carboxylic acids is 3. The highest BCUT2D eigenvalue weighted by Gasteiger charge is 2.24. The molecule has 3 N–H and O–H groups in total. The highest BCUT2D eigenvalue weighted by Crippen LogP contribution is 2.38. The van der Waals surface area contributed by atoms with Crippen molar-refractivity contribution in [1.29, 1.82) is 0 Å². The lowest BCUT2D eigenvalue weighted by atomic mass is 10.1. The Balaban J connectivity index is 1.41. The standard InChI is InChI=1S/C39H34N4O7S/c1-25-21-30(43(47)48)18-20-33(25)41-39(46)36(26-11-6-4-7-12-26)51-32-16-10-15-29(23-32)40-38(45)34(42-37(44)27-13-8-5-9-14-27)22-28-17-19-31(49-2)24-35(28)50-3/h4-24,36H,1-3H3,(H,40,45)(H,41,46)(H,42,44)/b34-22+. The van der Waals surface area contributed by atoms with Crippen molar-refractivity contribution in [2.45, 2.75) is 17.1 Å². The first-order chi connectivity index (χ1) is 24.6. The Bertz CT molecular complexity index is 2090. The van der Waals surface area contributed by atoms with Gasteiger partial charge in [0.25, 0.3) is 17.5 Å². The van der Waals surface area contributed by atoms with Gasteiger partial charge in [-0.3, -0.25) is 24.5 Å². The van der Waals surface area contributed by atoms with Crippen LogP contribution in [0.4, 0.5) is 17.1 Å². The van der Waals surface area contributed by atoms with E-state index in [0.29, 0.717) is 44.5 Å². The minimum Gasteiger partial charge on any atom is -0.497 e. The summed E-state index contributed by atoms with van der Waals surface area (Å²) >= 11 is 1.27. The van der Waals surface area contributed by atoms with Crippen LogP contribution in [0.5, 0.6) is 11.5 Å². The number of carbonyl (C=O) groups is 3.